The summed E-state index contributed by atoms with van der Waals surface area (Å²) in [5, 5.41) is 2.97. The summed E-state index contributed by atoms with van der Waals surface area (Å²) in [6, 6.07) is 8.08. The maximum Gasteiger partial charge on any atom is 0.230 e. The van der Waals surface area contributed by atoms with Crippen LogP contribution in [-0.4, -0.2) is 5.91 Å². The van der Waals surface area contributed by atoms with E-state index in [1.165, 1.54) is 5.56 Å². The number of amides is 1. The van der Waals surface area contributed by atoms with Crippen LogP contribution in [0.1, 0.15) is 18.4 Å². The predicted molar refractivity (Wildman–Crippen MR) is 50.4 cm³/mol. The van der Waals surface area contributed by atoms with Crippen molar-refractivity contribution in [2.75, 3.05) is 5.32 Å². The van der Waals surface area contributed by atoms with Crippen molar-refractivity contribution in [2.45, 2.75) is 19.3 Å². The van der Waals surface area contributed by atoms with Gasteiger partial charge in [0.2, 0.25) is 5.91 Å². The van der Waals surface area contributed by atoms with Gasteiger partial charge >= 0.3 is 0 Å². The maximum atomic E-state index is 11.6. The zero-order chi connectivity index (χ0) is 8.89. The van der Waals surface area contributed by atoms with Crippen molar-refractivity contribution in [3.8, 4) is 0 Å². The lowest BCUT2D eigenvalue weighted by Gasteiger charge is -2.23. The molecule has 0 atom stereocenters. The zero-order valence-corrected chi connectivity index (χ0v) is 7.34. The third kappa shape index (κ3) is 0.916. The van der Waals surface area contributed by atoms with Crippen LogP contribution in [0.25, 0.3) is 0 Å². The summed E-state index contributed by atoms with van der Waals surface area (Å²) in [6.45, 7) is 0. The van der Waals surface area contributed by atoms with E-state index in [0.29, 0.717) is 0 Å². The number of carbonyl (C=O) groups is 1. The van der Waals surface area contributed by atoms with Gasteiger partial charge < -0.3 is 5.32 Å². The van der Waals surface area contributed by atoms with Crippen molar-refractivity contribution < 1.29 is 4.79 Å². The monoisotopic (exact) mass is 173 g/mol. The third-order valence-electron chi connectivity index (χ3n) is 3.13. The van der Waals surface area contributed by atoms with Crippen LogP contribution in [0.15, 0.2) is 24.3 Å². The number of para-hydroxylation sites is 1. The highest BCUT2D eigenvalue weighted by Crippen LogP contribution is 2.52. The number of carbonyl (C=O) groups excluding carboxylic acids is 1. The quantitative estimate of drug-likeness (QED) is 0.638. The maximum absolute atomic E-state index is 11.6. The molecule has 0 radical (unpaired) electrons. The molecule has 1 N–H and O–H groups in total. The van der Waals surface area contributed by atoms with Crippen molar-refractivity contribution in [3.05, 3.63) is 29.8 Å². The van der Waals surface area contributed by atoms with Crippen LogP contribution >= 0.6 is 0 Å². The summed E-state index contributed by atoms with van der Waals surface area (Å²) in [5.74, 6) is 0.228. The molecule has 2 heteroatoms. The second kappa shape index (κ2) is 2.13. The standard InChI is InChI=1S/C11H11NO/c13-10-11(5-6-11)7-8-3-1-2-4-9(8)12-10/h1-4H,5-7H2,(H,12,13). The fourth-order valence-electron chi connectivity index (χ4n) is 2.05. The Balaban J connectivity index is 2.07. The van der Waals surface area contributed by atoms with Crippen LogP contribution in [0.4, 0.5) is 5.69 Å². The molecule has 1 aromatic carbocycles. The molecule has 13 heavy (non-hydrogen) atoms. The normalized spacial score (nSPS) is 22.3. The molecule has 1 aromatic rings. The number of rotatable bonds is 0. The first-order valence-corrected chi connectivity index (χ1v) is 4.70. The molecule has 0 saturated heterocycles. The molecular formula is C11H11NO. The van der Waals surface area contributed by atoms with Crippen LogP contribution in [-0.2, 0) is 11.2 Å². The van der Waals surface area contributed by atoms with E-state index in [2.05, 4.69) is 11.4 Å². The van der Waals surface area contributed by atoms with E-state index >= 15 is 0 Å². The SMILES string of the molecule is O=C1Nc2ccccc2CC12CC2. The molecule has 0 bridgehead atoms. The first-order valence-electron chi connectivity index (χ1n) is 4.70. The number of hydrogen-bond donors (Lipinski definition) is 1. The molecule has 3 rings (SSSR count). The Morgan fingerprint density at radius 2 is 2.00 bits per heavy atom. The molecule has 1 saturated carbocycles. The van der Waals surface area contributed by atoms with Gasteiger partial charge in [0.05, 0.1) is 5.41 Å². The molecule has 0 unspecified atom stereocenters. The van der Waals surface area contributed by atoms with Gasteiger partial charge in [-0.3, -0.25) is 4.79 Å². The molecule has 1 amide bonds. The van der Waals surface area contributed by atoms with Crippen molar-refractivity contribution in [3.63, 3.8) is 0 Å². The Hall–Kier alpha value is -1.31. The highest BCUT2D eigenvalue weighted by molar-refractivity contribution is 6.00. The van der Waals surface area contributed by atoms with Gasteiger partial charge in [0.25, 0.3) is 0 Å². The molecule has 2 aliphatic rings. The smallest absolute Gasteiger partial charge is 0.230 e. The lowest BCUT2D eigenvalue weighted by Crippen LogP contribution is -2.31. The van der Waals surface area contributed by atoms with Gasteiger partial charge in [-0.2, -0.15) is 0 Å². The Labute approximate surface area is 77.0 Å². The van der Waals surface area contributed by atoms with Gasteiger partial charge in [-0.05, 0) is 30.9 Å². The van der Waals surface area contributed by atoms with Gasteiger partial charge in [-0.1, -0.05) is 18.2 Å². The summed E-state index contributed by atoms with van der Waals surface area (Å²) in [7, 11) is 0. The molecule has 1 aliphatic carbocycles. The van der Waals surface area contributed by atoms with Crippen LogP contribution in [0, 0.1) is 5.41 Å². The lowest BCUT2D eigenvalue weighted by atomic mass is 9.91. The fourth-order valence-corrected chi connectivity index (χ4v) is 2.05. The third-order valence-corrected chi connectivity index (χ3v) is 3.13. The summed E-state index contributed by atoms with van der Waals surface area (Å²) >= 11 is 0. The Kier molecular flexibility index (Phi) is 1.17. The van der Waals surface area contributed by atoms with Gasteiger partial charge in [-0.15, -0.1) is 0 Å². The van der Waals surface area contributed by atoms with Crippen molar-refractivity contribution in [1.29, 1.82) is 0 Å². The Morgan fingerprint density at radius 1 is 1.23 bits per heavy atom. The number of anilines is 1. The minimum Gasteiger partial charge on any atom is -0.325 e. The van der Waals surface area contributed by atoms with E-state index in [4.69, 9.17) is 0 Å². The second-order valence-corrected chi connectivity index (χ2v) is 4.07. The minimum absolute atomic E-state index is 0.0195. The zero-order valence-electron chi connectivity index (χ0n) is 7.34. The van der Waals surface area contributed by atoms with E-state index in [-0.39, 0.29) is 11.3 Å². The highest BCUT2D eigenvalue weighted by Gasteiger charge is 2.51. The van der Waals surface area contributed by atoms with Crippen LogP contribution in [0.2, 0.25) is 0 Å². The van der Waals surface area contributed by atoms with Gasteiger partial charge in [0, 0.05) is 5.69 Å². The Bertz CT molecular complexity index is 379. The fraction of sp³-hybridized carbons (Fsp3) is 0.364. The van der Waals surface area contributed by atoms with Gasteiger partial charge in [0.1, 0.15) is 0 Å². The summed E-state index contributed by atoms with van der Waals surface area (Å²) in [5.41, 5.74) is 2.28. The summed E-state index contributed by atoms with van der Waals surface area (Å²) in [6.07, 6.45) is 3.06. The lowest BCUT2D eigenvalue weighted by molar-refractivity contribution is -0.121. The summed E-state index contributed by atoms with van der Waals surface area (Å²) in [4.78, 5) is 11.6. The summed E-state index contributed by atoms with van der Waals surface area (Å²) < 4.78 is 0. The Morgan fingerprint density at radius 3 is 2.77 bits per heavy atom. The predicted octanol–water partition coefficient (Wildman–Crippen LogP) is 1.96. The van der Waals surface area contributed by atoms with E-state index in [1.807, 2.05) is 18.2 Å². The second-order valence-electron chi connectivity index (χ2n) is 4.07. The van der Waals surface area contributed by atoms with Crippen LogP contribution < -0.4 is 5.32 Å². The minimum atomic E-state index is -0.0195. The number of benzene rings is 1. The number of nitrogens with one attached hydrogen (secondary N) is 1. The molecule has 0 aromatic heterocycles. The van der Waals surface area contributed by atoms with Crippen molar-refractivity contribution in [2.24, 2.45) is 5.41 Å². The van der Waals surface area contributed by atoms with Crippen LogP contribution in [0.5, 0.6) is 0 Å². The van der Waals surface area contributed by atoms with Crippen molar-refractivity contribution >= 4 is 11.6 Å². The average molecular weight is 173 g/mol. The first-order chi connectivity index (χ1) is 6.30. The highest BCUT2D eigenvalue weighted by atomic mass is 16.2. The molecule has 66 valence electrons. The largest absolute Gasteiger partial charge is 0.325 e. The van der Waals surface area contributed by atoms with Crippen LogP contribution in [0.3, 0.4) is 0 Å². The molecular weight excluding hydrogens is 162 g/mol. The molecule has 1 heterocycles. The molecule has 1 spiro atoms. The van der Waals surface area contributed by atoms with Gasteiger partial charge in [0.15, 0.2) is 0 Å². The van der Waals surface area contributed by atoms with Gasteiger partial charge in [-0.25, -0.2) is 0 Å². The van der Waals surface area contributed by atoms with E-state index < -0.39 is 0 Å². The first kappa shape index (κ1) is 7.13. The van der Waals surface area contributed by atoms with E-state index in [0.717, 1.165) is 24.9 Å². The molecule has 1 aliphatic heterocycles. The van der Waals surface area contributed by atoms with E-state index in [9.17, 15) is 4.79 Å². The topological polar surface area (TPSA) is 29.1 Å². The van der Waals surface area contributed by atoms with E-state index in [1.54, 1.807) is 0 Å². The number of hydrogen-bond acceptors (Lipinski definition) is 1. The molecule has 1 fully saturated rings. The van der Waals surface area contributed by atoms with Crippen molar-refractivity contribution in [1.82, 2.24) is 0 Å². The average Bonchev–Trinajstić information content (AvgIpc) is 2.88. The number of fused-ring (bicyclic) bond motifs is 1. The molecule has 2 nitrogen and oxygen atoms in total.